The molecule has 0 N–H and O–H groups in total. The van der Waals surface area contributed by atoms with Crippen LogP contribution in [0.5, 0.6) is 0 Å². The molecule has 0 spiro atoms. The van der Waals surface area contributed by atoms with Gasteiger partial charge in [0.1, 0.15) is 0 Å². The molecule has 1 heteroatoms. The van der Waals surface area contributed by atoms with E-state index in [0.29, 0.717) is 0 Å². The highest BCUT2D eigenvalue weighted by Crippen LogP contribution is 2.59. The smallest absolute Gasteiger partial charge is 0.0355 e. The van der Waals surface area contributed by atoms with Crippen molar-refractivity contribution in [1.82, 2.24) is 0 Å². The molecule has 0 nitrogen and oxygen atoms in total. The van der Waals surface area contributed by atoms with E-state index in [1.54, 1.807) is 0 Å². The van der Waals surface area contributed by atoms with Crippen molar-refractivity contribution in [3.05, 3.63) is 468 Å². The molecule has 27 rings (SSSR count). The van der Waals surface area contributed by atoms with Crippen LogP contribution in [0.4, 0.5) is 0 Å². The molecule has 0 amide bonds. The second-order valence-electron chi connectivity index (χ2n) is 40.1. The lowest BCUT2D eigenvalue weighted by Crippen LogP contribution is -2.14. The lowest BCUT2D eigenvalue weighted by Gasteiger charge is -2.23. The van der Waals surface area contributed by atoms with Gasteiger partial charge in [-0.3, -0.25) is 0 Å². The van der Waals surface area contributed by atoms with Gasteiger partial charge in [-0.2, -0.15) is 0 Å². The number of fused-ring (bicyclic) bond motifs is 22. The van der Waals surface area contributed by atoms with Crippen molar-refractivity contribution in [2.45, 2.75) is 97.8 Å². The summed E-state index contributed by atoms with van der Waals surface area (Å²) in [4.78, 5) is 0. The van der Waals surface area contributed by atoms with E-state index in [-0.39, 0.29) is 21.7 Å². The van der Waals surface area contributed by atoms with E-state index in [0.717, 1.165) is 0 Å². The lowest BCUT2D eigenvalue weighted by molar-refractivity contribution is 0.660. The molecule has 134 heavy (non-hydrogen) atoms. The summed E-state index contributed by atoms with van der Waals surface area (Å²) in [7, 11) is 0. The van der Waals surface area contributed by atoms with Gasteiger partial charge in [0.25, 0.3) is 0 Å². The summed E-state index contributed by atoms with van der Waals surface area (Å²) in [5.74, 6) is 0. The molecule has 22 aromatic carbocycles. The average Bonchev–Trinajstić information content (AvgIpc) is 1.17. The predicted molar refractivity (Wildman–Crippen MR) is 577 cm³/mol. The van der Waals surface area contributed by atoms with Crippen molar-refractivity contribution < 1.29 is 0 Å². The summed E-state index contributed by atoms with van der Waals surface area (Å²) in [6.07, 6.45) is 0. The van der Waals surface area contributed by atoms with Crippen LogP contribution >= 0.6 is 11.3 Å². The highest BCUT2D eigenvalue weighted by atomic mass is 32.1. The second kappa shape index (κ2) is 30.5. The highest BCUT2D eigenvalue weighted by molar-refractivity contribution is 7.25. The van der Waals surface area contributed by atoms with Gasteiger partial charge in [0.2, 0.25) is 0 Å². The molecule has 0 radical (unpaired) electrons. The van der Waals surface area contributed by atoms with Crippen LogP contribution < -0.4 is 0 Å². The van der Waals surface area contributed by atoms with Gasteiger partial charge in [0.05, 0.1) is 0 Å². The van der Waals surface area contributed by atoms with Crippen molar-refractivity contribution in [2.75, 3.05) is 0 Å². The molecule has 0 saturated heterocycles. The zero-order valence-electron chi connectivity index (χ0n) is 77.6. The van der Waals surface area contributed by atoms with E-state index in [9.17, 15) is 0 Å². The fourth-order valence-electron chi connectivity index (χ4n) is 24.5. The molecule has 1 aromatic heterocycles. The average molecular weight is 1730 g/mol. The summed E-state index contributed by atoms with van der Waals surface area (Å²) in [5, 5.41) is 20.8. The molecule has 0 aliphatic heterocycles. The Morgan fingerprint density at radius 2 is 0.425 bits per heavy atom. The van der Waals surface area contributed by atoms with Crippen molar-refractivity contribution >= 4 is 107 Å². The molecule has 4 aliphatic carbocycles. The monoisotopic (exact) mass is 1730 g/mol. The minimum atomic E-state index is -0.0166. The Balaban J connectivity index is 0.000000108. The molecular weight excluding hydrogens is 1630 g/mol. The van der Waals surface area contributed by atoms with Gasteiger partial charge >= 0.3 is 0 Å². The van der Waals surface area contributed by atoms with Crippen LogP contribution in [0.3, 0.4) is 0 Å². The minimum absolute atomic E-state index is 0.000485. The Bertz CT molecular complexity index is 8960. The van der Waals surface area contributed by atoms with Crippen LogP contribution in [-0.4, -0.2) is 0 Å². The predicted octanol–water partition coefficient (Wildman–Crippen LogP) is 37.3. The topological polar surface area (TPSA) is 0 Å². The van der Waals surface area contributed by atoms with E-state index in [2.05, 4.69) is 483 Å². The largest absolute Gasteiger partial charge is 0.135 e. The Hall–Kier alpha value is -15.1. The third kappa shape index (κ3) is 12.3. The lowest BCUT2D eigenvalue weighted by atomic mass is 9.80. The first-order chi connectivity index (χ1) is 65.2. The zero-order valence-corrected chi connectivity index (χ0v) is 78.4. The summed E-state index contributed by atoms with van der Waals surface area (Å²) >= 11 is 1.88. The third-order valence-corrected chi connectivity index (χ3v) is 32.1. The van der Waals surface area contributed by atoms with Crippen LogP contribution in [0.1, 0.15) is 117 Å². The van der Waals surface area contributed by atoms with Gasteiger partial charge in [-0.05, 0) is 306 Å². The maximum Gasteiger partial charge on any atom is 0.0355 e. The fourth-order valence-corrected chi connectivity index (χ4v) is 25.6. The number of benzene rings is 22. The Morgan fingerprint density at radius 1 is 0.149 bits per heavy atom. The molecule has 4 aliphatic rings. The standard InChI is InChI=1S/C46H34.C45H36.C42H30S/c1-29-21-24-38-40(27-29)43(32-23-26-42-39(28-32)35-17-11-12-20-41(35)46(42,2)3)36-18-9-10-19-37(36)45(38)44-33-16-8-7-15-31(33)22-25-34(44)30-13-5-4-6-14-30;1-27-18-21-34-37(24-27)43(29-20-23-41-36(26-29)31-13-9-11-17-39(31)45(41,4)5)33-15-7-6-14-32(33)42(34)28-19-22-40-35(25-28)30-12-8-10-16-38(30)44(40,2)3;1-25-16-19-32-35(22-25)41(26-17-20-37-33(23-26)28-10-6-8-14-36(28)42(37,2)3)31-13-5-4-12-30(31)40(32)27-18-21-39-34(24-27)29-11-7-9-15-38(29)43-39/h4-28H,1-3H3;6-26H,1-5H3;4-24H,1-3H3. The van der Waals surface area contributed by atoms with Crippen molar-refractivity contribution in [3.63, 3.8) is 0 Å². The van der Waals surface area contributed by atoms with E-state index in [4.69, 9.17) is 0 Å². The number of thiophene rings is 1. The number of hydrogen-bond donors (Lipinski definition) is 0. The molecular formula is C133H100S. The summed E-state index contributed by atoms with van der Waals surface area (Å²) < 4.78 is 2.68. The quantitative estimate of drug-likeness (QED) is 0.140. The van der Waals surface area contributed by atoms with Gasteiger partial charge < -0.3 is 0 Å². The van der Waals surface area contributed by atoms with Crippen molar-refractivity contribution in [3.8, 4) is 122 Å². The third-order valence-electron chi connectivity index (χ3n) is 31.0. The summed E-state index contributed by atoms with van der Waals surface area (Å²) in [6, 6.07) is 153. The minimum Gasteiger partial charge on any atom is -0.135 e. The van der Waals surface area contributed by atoms with Crippen molar-refractivity contribution in [1.29, 1.82) is 0 Å². The van der Waals surface area contributed by atoms with E-state index in [1.165, 1.54) is 279 Å². The number of hydrogen-bond acceptors (Lipinski definition) is 1. The van der Waals surface area contributed by atoms with Crippen LogP contribution in [0, 0.1) is 20.8 Å². The van der Waals surface area contributed by atoms with Gasteiger partial charge in [0.15, 0.2) is 0 Å². The van der Waals surface area contributed by atoms with E-state index < -0.39 is 0 Å². The van der Waals surface area contributed by atoms with Crippen LogP contribution in [0.25, 0.3) is 218 Å². The molecule has 0 bridgehead atoms. The van der Waals surface area contributed by atoms with Gasteiger partial charge in [-0.15, -0.1) is 11.3 Å². The molecule has 23 aromatic rings. The number of rotatable bonds is 7. The normalized spacial score (nSPS) is 14.0. The van der Waals surface area contributed by atoms with E-state index in [1.807, 2.05) is 11.3 Å². The molecule has 0 fully saturated rings. The Labute approximate surface area is 788 Å². The molecule has 0 atom stereocenters. The first kappa shape index (κ1) is 80.9. The van der Waals surface area contributed by atoms with Gasteiger partial charge in [0, 0.05) is 41.8 Å². The molecule has 638 valence electrons. The maximum absolute atomic E-state index is 2.46. The number of aryl methyl sites for hydroxylation is 3. The highest BCUT2D eigenvalue weighted by Gasteiger charge is 2.41. The molecule has 0 saturated carbocycles. The maximum atomic E-state index is 2.46. The van der Waals surface area contributed by atoms with Gasteiger partial charge in [-0.25, -0.2) is 0 Å². The van der Waals surface area contributed by atoms with Crippen molar-refractivity contribution in [2.24, 2.45) is 0 Å². The summed E-state index contributed by atoms with van der Waals surface area (Å²) in [5.41, 5.74) is 44.1. The Morgan fingerprint density at radius 3 is 0.813 bits per heavy atom. The fraction of sp³-hybridized carbons (Fsp3) is 0.113. The molecule has 1 heterocycles. The SMILES string of the molecule is Cc1ccc2c(-c3c(-c4ccccc4)ccc4ccccc34)c3ccccc3c(-c3ccc4c(c3)-c3ccccc3C4(C)C)c2c1.Cc1ccc2c(-c3ccc4c(c3)-c3ccccc3C4(C)C)c3ccccc3c(-c3ccc4c(c3)-c3ccccc3C4(C)C)c2c1.Cc1ccc2c(-c3ccc4sc5ccccc5c4c3)c3ccccc3c(-c3ccc4c(c3)-c3ccccc3C4(C)C)c2c1. The Kier molecular flexibility index (Phi) is 18.4. The van der Waals surface area contributed by atoms with Crippen LogP contribution in [-0.2, 0) is 21.7 Å². The van der Waals surface area contributed by atoms with Crippen LogP contribution in [0.15, 0.2) is 406 Å². The summed E-state index contributed by atoms with van der Waals surface area (Å²) in [6.45, 7) is 25.5. The van der Waals surface area contributed by atoms with E-state index >= 15 is 0 Å². The van der Waals surface area contributed by atoms with Crippen LogP contribution in [0.2, 0.25) is 0 Å². The second-order valence-corrected chi connectivity index (χ2v) is 41.2. The first-order valence-electron chi connectivity index (χ1n) is 47.6. The zero-order chi connectivity index (χ0) is 90.5. The van der Waals surface area contributed by atoms with Gasteiger partial charge in [-0.1, -0.05) is 436 Å². The first-order valence-corrected chi connectivity index (χ1v) is 48.4. The molecule has 0 unspecified atom stereocenters.